The number of carbonyl (C=O) groups excluding carboxylic acids is 2. The summed E-state index contributed by atoms with van der Waals surface area (Å²) in [5.41, 5.74) is 8.17. The van der Waals surface area contributed by atoms with Gasteiger partial charge in [-0.05, 0) is 93.2 Å². The van der Waals surface area contributed by atoms with E-state index in [0.717, 1.165) is 102 Å². The van der Waals surface area contributed by atoms with E-state index >= 15 is 0 Å². The Balaban J connectivity index is 0.922. The average Bonchev–Trinajstić information content (AvgIpc) is 4.07. The standard InChI is InChI=1S/C48H54N8O2/c1-33(54(4)47(57)43(53(2)3)38-15-8-5-9-16-38)45-49-31-40(51-45)36-24-20-34(21-25-36)35-22-26-37(27-23-35)41-32-50-46(52-41)42-19-14-30-56(42)48(58)44(39-17-10-6-11-18-39)55-28-12-7-13-29-55/h5-6,8-11,15-18,20-27,31-33,42-44H,7,12-14,19,28-30H2,1-4H3,(H,49,51)(H,50,52)/t33-,42-,43+,44+/m0/s1. The molecule has 4 aromatic carbocycles. The molecule has 10 nitrogen and oxygen atoms in total. The number of nitrogens with zero attached hydrogens (tertiary/aromatic N) is 6. The largest absolute Gasteiger partial charge is 0.340 e. The van der Waals surface area contributed by atoms with Gasteiger partial charge in [-0.2, -0.15) is 0 Å². The number of aromatic amines is 2. The van der Waals surface area contributed by atoms with Crippen LogP contribution < -0.4 is 0 Å². The lowest BCUT2D eigenvalue weighted by atomic mass is 10.00. The van der Waals surface area contributed by atoms with Gasteiger partial charge >= 0.3 is 0 Å². The van der Waals surface area contributed by atoms with Crippen molar-refractivity contribution in [2.45, 2.75) is 63.2 Å². The van der Waals surface area contributed by atoms with Crippen LogP contribution in [0.4, 0.5) is 0 Å². The minimum absolute atomic E-state index is 0.0118. The van der Waals surface area contributed by atoms with Crippen LogP contribution in [0.3, 0.4) is 0 Å². The molecule has 2 aliphatic rings. The summed E-state index contributed by atoms with van der Waals surface area (Å²) in [6, 6.07) is 36.2. The third kappa shape index (κ3) is 8.12. The van der Waals surface area contributed by atoms with Gasteiger partial charge in [0.15, 0.2) is 0 Å². The molecule has 0 aliphatic carbocycles. The summed E-state index contributed by atoms with van der Waals surface area (Å²) in [4.78, 5) is 52.8. The summed E-state index contributed by atoms with van der Waals surface area (Å²) >= 11 is 0. The van der Waals surface area contributed by atoms with Crippen LogP contribution in [-0.4, -0.2) is 92.1 Å². The number of carbonyl (C=O) groups is 2. The molecule has 0 unspecified atom stereocenters. The number of benzene rings is 4. The molecule has 6 aromatic rings. The highest BCUT2D eigenvalue weighted by molar-refractivity contribution is 5.84. The number of hydrogen-bond acceptors (Lipinski definition) is 6. The molecular weight excluding hydrogens is 721 g/mol. The molecular formula is C48H54N8O2. The molecule has 2 aromatic heterocycles. The van der Waals surface area contributed by atoms with E-state index in [1.807, 2.05) is 93.9 Å². The lowest BCUT2D eigenvalue weighted by Gasteiger charge is -2.37. The van der Waals surface area contributed by atoms with E-state index < -0.39 is 0 Å². The van der Waals surface area contributed by atoms with Gasteiger partial charge in [0.05, 0.1) is 35.9 Å². The molecule has 4 atom stereocenters. The first-order chi connectivity index (χ1) is 28.3. The highest BCUT2D eigenvalue weighted by Crippen LogP contribution is 2.37. The third-order valence-corrected chi connectivity index (χ3v) is 12.1. The van der Waals surface area contributed by atoms with Crippen LogP contribution in [0.2, 0.25) is 0 Å². The minimum atomic E-state index is -0.385. The van der Waals surface area contributed by atoms with Gasteiger partial charge in [-0.3, -0.25) is 19.4 Å². The SMILES string of the molecule is C[C@@H](c1ncc(-c2ccc(-c3ccc(-c4cnc([C@@H]5CCCN5C(=O)[C@@H](c5ccccc5)N5CCCCC5)[nH]4)cc3)cc2)[nH]1)N(C)C(=O)[C@@H](c1ccccc1)N(C)C. The van der Waals surface area contributed by atoms with E-state index in [0.29, 0.717) is 0 Å². The van der Waals surface area contributed by atoms with Crippen LogP contribution in [0.1, 0.15) is 86.0 Å². The van der Waals surface area contributed by atoms with Gasteiger partial charge in [-0.25, -0.2) is 9.97 Å². The summed E-state index contributed by atoms with van der Waals surface area (Å²) in [5, 5.41) is 0. The number of hydrogen-bond donors (Lipinski definition) is 2. The number of rotatable bonds is 12. The van der Waals surface area contributed by atoms with Crippen molar-refractivity contribution in [2.75, 3.05) is 40.8 Å². The summed E-state index contributed by atoms with van der Waals surface area (Å²) in [5.74, 6) is 1.78. The zero-order valence-electron chi connectivity index (χ0n) is 34.0. The predicted molar refractivity (Wildman–Crippen MR) is 229 cm³/mol. The van der Waals surface area contributed by atoms with E-state index in [9.17, 15) is 9.59 Å². The Morgan fingerprint density at radius 3 is 1.81 bits per heavy atom. The van der Waals surface area contributed by atoms with Crippen LogP contribution in [0.25, 0.3) is 33.6 Å². The number of nitrogens with one attached hydrogen (secondary N) is 2. The first-order valence-electron chi connectivity index (χ1n) is 20.7. The average molecular weight is 775 g/mol. The van der Waals surface area contributed by atoms with Gasteiger partial charge in [0.1, 0.15) is 23.7 Å². The van der Waals surface area contributed by atoms with Crippen molar-refractivity contribution in [3.05, 3.63) is 144 Å². The molecule has 2 amide bonds. The van der Waals surface area contributed by atoms with Gasteiger partial charge in [0.2, 0.25) is 11.8 Å². The van der Waals surface area contributed by atoms with Crippen LogP contribution in [-0.2, 0) is 9.59 Å². The number of H-pyrrole nitrogens is 2. The quantitative estimate of drug-likeness (QED) is 0.129. The Labute approximate surface area is 341 Å². The highest BCUT2D eigenvalue weighted by Gasteiger charge is 2.39. The summed E-state index contributed by atoms with van der Waals surface area (Å²) in [6.45, 7) is 4.65. The zero-order valence-corrected chi connectivity index (χ0v) is 34.0. The van der Waals surface area contributed by atoms with Crippen molar-refractivity contribution in [1.29, 1.82) is 0 Å². The highest BCUT2D eigenvalue weighted by atomic mass is 16.2. The minimum Gasteiger partial charge on any atom is -0.340 e. The van der Waals surface area contributed by atoms with Crippen LogP contribution in [0.15, 0.2) is 122 Å². The van der Waals surface area contributed by atoms with Crippen molar-refractivity contribution in [3.63, 3.8) is 0 Å². The van der Waals surface area contributed by atoms with E-state index in [1.165, 1.54) is 6.42 Å². The second kappa shape index (κ2) is 17.3. The maximum atomic E-state index is 14.4. The monoisotopic (exact) mass is 774 g/mol. The molecule has 0 bridgehead atoms. The van der Waals surface area contributed by atoms with Crippen molar-refractivity contribution >= 4 is 11.8 Å². The number of imidazole rings is 2. The van der Waals surface area contributed by atoms with Crippen LogP contribution >= 0.6 is 0 Å². The maximum absolute atomic E-state index is 14.4. The molecule has 0 saturated carbocycles. The molecule has 0 spiro atoms. The molecule has 58 heavy (non-hydrogen) atoms. The smallest absolute Gasteiger partial charge is 0.245 e. The topological polar surface area (TPSA) is 104 Å². The third-order valence-electron chi connectivity index (χ3n) is 12.1. The predicted octanol–water partition coefficient (Wildman–Crippen LogP) is 8.85. The number of likely N-dealkylation sites (N-methyl/N-ethyl adjacent to an activating group) is 2. The first kappa shape index (κ1) is 39.0. The Morgan fingerprint density at radius 2 is 1.21 bits per heavy atom. The summed E-state index contributed by atoms with van der Waals surface area (Å²) in [7, 11) is 5.70. The van der Waals surface area contributed by atoms with E-state index in [4.69, 9.17) is 4.98 Å². The number of aromatic nitrogens is 4. The van der Waals surface area contributed by atoms with Crippen molar-refractivity contribution < 1.29 is 9.59 Å². The second-order valence-corrected chi connectivity index (χ2v) is 16.0. The lowest BCUT2D eigenvalue weighted by Crippen LogP contribution is -2.44. The fourth-order valence-electron chi connectivity index (χ4n) is 8.69. The Morgan fingerprint density at radius 1 is 0.655 bits per heavy atom. The number of amides is 2. The van der Waals surface area contributed by atoms with Crippen molar-refractivity contribution in [1.82, 2.24) is 39.5 Å². The lowest BCUT2D eigenvalue weighted by molar-refractivity contribution is -0.139. The van der Waals surface area contributed by atoms with Crippen molar-refractivity contribution in [3.8, 4) is 33.6 Å². The van der Waals surface area contributed by atoms with Gasteiger partial charge in [-0.1, -0.05) is 116 Å². The molecule has 2 saturated heterocycles. The zero-order chi connectivity index (χ0) is 40.2. The second-order valence-electron chi connectivity index (χ2n) is 16.0. The normalized spacial score (nSPS) is 17.6. The number of piperidine rings is 1. The Bertz CT molecular complexity index is 2280. The molecule has 298 valence electrons. The molecule has 4 heterocycles. The molecule has 2 aliphatic heterocycles. The fraction of sp³-hybridized carbons (Fsp3) is 0.333. The molecule has 8 rings (SSSR count). The van der Waals surface area contributed by atoms with Crippen molar-refractivity contribution in [2.24, 2.45) is 0 Å². The molecule has 2 N–H and O–H groups in total. The van der Waals surface area contributed by atoms with E-state index in [-0.39, 0.29) is 36.0 Å². The summed E-state index contributed by atoms with van der Waals surface area (Å²) < 4.78 is 0. The van der Waals surface area contributed by atoms with E-state index in [1.54, 1.807) is 4.90 Å². The molecule has 10 heteroatoms. The van der Waals surface area contributed by atoms with E-state index in [2.05, 4.69) is 85.4 Å². The molecule has 0 radical (unpaired) electrons. The number of likely N-dealkylation sites (tertiary alicyclic amines) is 2. The fourth-order valence-corrected chi connectivity index (χ4v) is 8.69. The van der Waals surface area contributed by atoms with Gasteiger partial charge in [-0.15, -0.1) is 0 Å². The van der Waals surface area contributed by atoms with Crippen LogP contribution in [0, 0.1) is 0 Å². The van der Waals surface area contributed by atoms with Gasteiger partial charge in [0, 0.05) is 13.6 Å². The van der Waals surface area contributed by atoms with Gasteiger partial charge in [0.25, 0.3) is 0 Å². The summed E-state index contributed by atoms with van der Waals surface area (Å²) in [6.07, 6.45) is 9.10. The molecule has 2 fully saturated rings. The Kier molecular flexibility index (Phi) is 11.7. The van der Waals surface area contributed by atoms with Crippen LogP contribution in [0.5, 0.6) is 0 Å². The maximum Gasteiger partial charge on any atom is 0.245 e. The van der Waals surface area contributed by atoms with Gasteiger partial charge < -0.3 is 19.8 Å². The first-order valence-corrected chi connectivity index (χ1v) is 20.7. The Hall–Kier alpha value is -5.84.